The Bertz CT molecular complexity index is 618. The average molecular weight is 289 g/mol. The van der Waals surface area contributed by atoms with Gasteiger partial charge in [0.25, 0.3) is 0 Å². The van der Waals surface area contributed by atoms with Gasteiger partial charge in [-0.2, -0.15) is 0 Å². The van der Waals surface area contributed by atoms with Crippen LogP contribution >= 0.6 is 23.1 Å². The Morgan fingerprint density at radius 1 is 1.37 bits per heavy atom. The van der Waals surface area contributed by atoms with E-state index in [1.54, 1.807) is 11.3 Å². The molecule has 2 nitrogen and oxygen atoms in total. The van der Waals surface area contributed by atoms with Crippen molar-refractivity contribution in [2.24, 2.45) is 0 Å². The van der Waals surface area contributed by atoms with Crippen LogP contribution in [0.25, 0.3) is 0 Å². The summed E-state index contributed by atoms with van der Waals surface area (Å²) in [6.07, 6.45) is 3.51. The Labute approximate surface area is 121 Å². The van der Waals surface area contributed by atoms with Crippen LogP contribution in [0.5, 0.6) is 0 Å². The van der Waals surface area contributed by atoms with Crippen molar-refractivity contribution in [2.45, 2.75) is 30.5 Å². The van der Waals surface area contributed by atoms with Crippen LogP contribution in [0.2, 0.25) is 0 Å². The highest BCUT2D eigenvalue weighted by molar-refractivity contribution is 8.01. The third kappa shape index (κ3) is 2.90. The van der Waals surface area contributed by atoms with Crippen LogP contribution < -0.4 is 0 Å². The molecule has 1 aliphatic rings. The van der Waals surface area contributed by atoms with Crippen molar-refractivity contribution in [2.75, 3.05) is 5.75 Å². The first-order valence-electron chi connectivity index (χ1n) is 6.42. The fraction of sp³-hybridized carbons (Fsp3) is 0.333. The maximum atomic E-state index is 12.2. The zero-order valence-electron chi connectivity index (χ0n) is 10.8. The molecule has 98 valence electrons. The molecule has 1 aliphatic carbocycles. The van der Waals surface area contributed by atoms with Crippen molar-refractivity contribution < 1.29 is 4.79 Å². The van der Waals surface area contributed by atoms with E-state index in [0.717, 1.165) is 28.4 Å². The van der Waals surface area contributed by atoms with Gasteiger partial charge in [0.2, 0.25) is 0 Å². The number of carbonyl (C=O) groups is 1. The van der Waals surface area contributed by atoms with Crippen LogP contribution in [0.15, 0.2) is 27.9 Å². The molecule has 0 atom stereocenters. The minimum Gasteiger partial charge on any atom is -0.293 e. The molecule has 19 heavy (non-hydrogen) atoms. The highest BCUT2D eigenvalue weighted by atomic mass is 32.2. The summed E-state index contributed by atoms with van der Waals surface area (Å²) in [5.74, 6) is 0.679. The summed E-state index contributed by atoms with van der Waals surface area (Å²) < 4.78 is 0.979. The van der Waals surface area contributed by atoms with E-state index in [1.165, 1.54) is 29.3 Å². The summed E-state index contributed by atoms with van der Waals surface area (Å²) in [5.41, 5.74) is 4.65. The fourth-order valence-corrected chi connectivity index (χ4v) is 4.10. The molecule has 1 aromatic heterocycles. The third-order valence-corrected chi connectivity index (χ3v) is 5.48. The van der Waals surface area contributed by atoms with E-state index < -0.39 is 0 Å². The number of hydrogen-bond acceptors (Lipinski definition) is 4. The Kier molecular flexibility index (Phi) is 3.71. The summed E-state index contributed by atoms with van der Waals surface area (Å²) in [5, 5.41) is 2.02. The lowest BCUT2D eigenvalue weighted by Gasteiger charge is -2.03. The van der Waals surface area contributed by atoms with Gasteiger partial charge in [-0.15, -0.1) is 11.3 Å². The molecule has 0 saturated carbocycles. The summed E-state index contributed by atoms with van der Waals surface area (Å²) in [6, 6.07) is 6.17. The fourth-order valence-electron chi connectivity index (χ4n) is 2.35. The van der Waals surface area contributed by atoms with E-state index in [0.29, 0.717) is 5.75 Å². The molecule has 0 unspecified atom stereocenters. The molecule has 0 aliphatic heterocycles. The molecule has 1 aromatic carbocycles. The van der Waals surface area contributed by atoms with Crippen molar-refractivity contribution in [3.05, 3.63) is 46.0 Å². The smallest absolute Gasteiger partial charge is 0.173 e. The summed E-state index contributed by atoms with van der Waals surface area (Å²) >= 11 is 3.14. The number of ketones is 1. The molecule has 3 rings (SSSR count). The molecular formula is C15H15NOS2. The van der Waals surface area contributed by atoms with Gasteiger partial charge in [0.05, 0.1) is 5.75 Å². The van der Waals surface area contributed by atoms with Crippen LogP contribution in [0.1, 0.15) is 33.6 Å². The van der Waals surface area contributed by atoms with Gasteiger partial charge < -0.3 is 0 Å². The molecule has 1 heterocycles. The van der Waals surface area contributed by atoms with E-state index in [9.17, 15) is 4.79 Å². The predicted molar refractivity (Wildman–Crippen MR) is 80.4 cm³/mol. The minimum absolute atomic E-state index is 0.201. The van der Waals surface area contributed by atoms with Crippen LogP contribution in [0, 0.1) is 6.92 Å². The monoisotopic (exact) mass is 289 g/mol. The standard InChI is InChI=1S/C15H15NOS2/c1-10-8-18-15(16-10)19-9-14(17)13-6-5-11-3-2-4-12(11)7-13/h5-8H,2-4,9H2,1H3. The van der Waals surface area contributed by atoms with Gasteiger partial charge in [-0.1, -0.05) is 23.9 Å². The second kappa shape index (κ2) is 5.47. The van der Waals surface area contributed by atoms with Gasteiger partial charge in [0, 0.05) is 16.6 Å². The van der Waals surface area contributed by atoms with Gasteiger partial charge in [0.1, 0.15) is 0 Å². The molecular weight excluding hydrogens is 274 g/mol. The number of benzene rings is 1. The summed E-state index contributed by atoms with van der Waals surface area (Å²) in [7, 11) is 0. The van der Waals surface area contributed by atoms with Crippen molar-refractivity contribution in [1.29, 1.82) is 0 Å². The van der Waals surface area contributed by atoms with Crippen molar-refractivity contribution >= 4 is 28.9 Å². The van der Waals surface area contributed by atoms with Crippen molar-refractivity contribution in [3.63, 3.8) is 0 Å². The largest absolute Gasteiger partial charge is 0.293 e. The topological polar surface area (TPSA) is 30.0 Å². The molecule has 0 spiro atoms. The second-order valence-electron chi connectivity index (χ2n) is 4.80. The van der Waals surface area contributed by atoms with Crippen LogP contribution in [0.3, 0.4) is 0 Å². The van der Waals surface area contributed by atoms with E-state index >= 15 is 0 Å². The van der Waals surface area contributed by atoms with E-state index in [-0.39, 0.29) is 5.78 Å². The number of nitrogens with zero attached hydrogens (tertiary/aromatic N) is 1. The Hall–Kier alpha value is -1.13. The number of thioether (sulfide) groups is 1. The number of fused-ring (bicyclic) bond motifs is 1. The lowest BCUT2D eigenvalue weighted by molar-refractivity contribution is 0.102. The number of Topliss-reactive ketones (excluding diaryl/α,β-unsaturated/α-hetero) is 1. The highest BCUT2D eigenvalue weighted by Crippen LogP contribution is 2.26. The Balaban J connectivity index is 1.67. The number of hydrogen-bond donors (Lipinski definition) is 0. The summed E-state index contributed by atoms with van der Waals surface area (Å²) in [6.45, 7) is 1.98. The minimum atomic E-state index is 0.201. The number of rotatable bonds is 4. The zero-order valence-corrected chi connectivity index (χ0v) is 12.4. The van der Waals surface area contributed by atoms with Crippen molar-refractivity contribution in [1.82, 2.24) is 4.98 Å². The maximum absolute atomic E-state index is 12.2. The van der Waals surface area contributed by atoms with Gasteiger partial charge >= 0.3 is 0 Å². The van der Waals surface area contributed by atoms with Gasteiger partial charge in [-0.25, -0.2) is 4.98 Å². The molecule has 2 aromatic rings. The molecule has 4 heteroatoms. The number of carbonyl (C=O) groups excluding carboxylic acids is 1. The van der Waals surface area contributed by atoms with E-state index in [4.69, 9.17) is 0 Å². The second-order valence-corrected chi connectivity index (χ2v) is 6.88. The van der Waals surface area contributed by atoms with Crippen LogP contribution in [0.4, 0.5) is 0 Å². The van der Waals surface area contributed by atoms with E-state index in [2.05, 4.69) is 17.1 Å². The van der Waals surface area contributed by atoms with Crippen LogP contribution in [-0.4, -0.2) is 16.5 Å². The Morgan fingerprint density at radius 3 is 3.00 bits per heavy atom. The van der Waals surface area contributed by atoms with Gasteiger partial charge in [0.15, 0.2) is 10.1 Å². The number of thiazole rings is 1. The molecule has 0 amide bonds. The first-order chi connectivity index (χ1) is 9.22. The van der Waals surface area contributed by atoms with Gasteiger partial charge in [-0.05, 0) is 43.4 Å². The number of aromatic nitrogens is 1. The Morgan fingerprint density at radius 2 is 2.21 bits per heavy atom. The molecule has 0 bridgehead atoms. The highest BCUT2D eigenvalue weighted by Gasteiger charge is 2.14. The maximum Gasteiger partial charge on any atom is 0.173 e. The number of aryl methyl sites for hydroxylation is 3. The molecule has 0 fully saturated rings. The van der Waals surface area contributed by atoms with E-state index in [1.807, 2.05) is 18.4 Å². The lowest BCUT2D eigenvalue weighted by atomic mass is 10.0. The molecule has 0 N–H and O–H groups in total. The predicted octanol–water partition coefficient (Wildman–Crippen LogP) is 3.92. The average Bonchev–Trinajstić information content (AvgIpc) is 3.03. The molecule has 0 radical (unpaired) electrons. The SMILES string of the molecule is Cc1csc(SCC(=O)c2ccc3c(c2)CCC3)n1. The molecule has 0 saturated heterocycles. The van der Waals surface area contributed by atoms with Gasteiger partial charge in [-0.3, -0.25) is 4.79 Å². The van der Waals surface area contributed by atoms with Crippen molar-refractivity contribution in [3.8, 4) is 0 Å². The summed E-state index contributed by atoms with van der Waals surface area (Å²) in [4.78, 5) is 16.5. The lowest BCUT2D eigenvalue weighted by Crippen LogP contribution is -2.03. The quantitative estimate of drug-likeness (QED) is 0.631. The zero-order chi connectivity index (χ0) is 13.2. The van der Waals surface area contributed by atoms with Crippen LogP contribution in [-0.2, 0) is 12.8 Å². The first-order valence-corrected chi connectivity index (χ1v) is 8.29. The third-order valence-electron chi connectivity index (χ3n) is 3.35. The first kappa shape index (κ1) is 12.9. The normalized spacial score (nSPS) is 13.5.